The Morgan fingerprint density at radius 1 is 0.356 bits per heavy atom. The number of hydrogen-bond donors (Lipinski definition) is 0. The Kier molecular flexibility index (Phi) is 61.4. The Morgan fingerprint density at radius 2 is 0.610 bits per heavy atom. The highest BCUT2D eigenvalue weighted by molar-refractivity contribution is 5.99. The summed E-state index contributed by atoms with van der Waals surface area (Å²) in [5.74, 6) is 11.3. The van der Waals surface area contributed by atoms with Crippen molar-refractivity contribution in [3.63, 3.8) is 0 Å². The number of carbonyl (C=O) groups excluding carboxylic acids is 9. The van der Waals surface area contributed by atoms with Gasteiger partial charge in [0.05, 0.1) is 7.11 Å². The maximum Gasteiger partial charge on any atom is 0.313 e. The highest BCUT2D eigenvalue weighted by atomic mass is 16.7. The van der Waals surface area contributed by atoms with Gasteiger partial charge < -0.3 is 47.4 Å². The van der Waals surface area contributed by atoms with Gasteiger partial charge in [0.15, 0.2) is 59.9 Å². The topological polar surface area (TPSA) is 237 Å². The van der Waals surface area contributed by atoms with Gasteiger partial charge in [0, 0.05) is 128 Å². The van der Waals surface area contributed by atoms with E-state index in [9.17, 15) is 43.2 Å². The fourth-order valence-electron chi connectivity index (χ4n) is 17.2. The van der Waals surface area contributed by atoms with Gasteiger partial charge >= 0.3 is 5.97 Å². The van der Waals surface area contributed by atoms with Crippen LogP contribution in [0.25, 0.3) is 0 Å². The van der Waals surface area contributed by atoms with Crippen LogP contribution < -0.4 is 0 Å². The van der Waals surface area contributed by atoms with Crippen molar-refractivity contribution >= 4 is 52.7 Å². The van der Waals surface area contributed by atoms with Crippen LogP contribution in [0.4, 0.5) is 0 Å². The zero-order valence-corrected chi connectivity index (χ0v) is 81.2. The molecule has 0 bridgehead atoms. The van der Waals surface area contributed by atoms with Crippen LogP contribution in [-0.2, 0) is 85.8 Å². The van der Waals surface area contributed by atoms with E-state index < -0.39 is 5.97 Å². The quantitative estimate of drug-likeness (QED) is 0.0245. The van der Waals surface area contributed by atoms with Gasteiger partial charge in [0.1, 0.15) is 18.5 Å². The van der Waals surface area contributed by atoms with Crippen LogP contribution in [0.15, 0.2) is 67.9 Å². The van der Waals surface area contributed by atoms with E-state index in [0.29, 0.717) is 155 Å². The van der Waals surface area contributed by atoms with E-state index in [2.05, 4.69) is 157 Å². The number of aldehydes is 1. The predicted octanol–water partition coefficient (Wildman–Crippen LogP) is 23.2. The summed E-state index contributed by atoms with van der Waals surface area (Å²) in [5, 5.41) is 0. The molecule has 18 heteroatoms. The summed E-state index contributed by atoms with van der Waals surface area (Å²) in [6.07, 6.45) is 23.8. The summed E-state index contributed by atoms with van der Waals surface area (Å²) < 4.78 is 45.7. The van der Waals surface area contributed by atoms with E-state index in [1.54, 1.807) is 56.9 Å². The molecule has 0 radical (unpaired) electrons. The Hall–Kier alpha value is -5.05. The third kappa shape index (κ3) is 47.6. The van der Waals surface area contributed by atoms with Crippen LogP contribution >= 0.6 is 0 Å². The molecule has 6 rings (SSSR count). The highest BCUT2D eigenvalue weighted by Crippen LogP contribution is 2.42. The lowest BCUT2D eigenvalue weighted by atomic mass is 9.72. The van der Waals surface area contributed by atoms with Crippen molar-refractivity contribution in [3.8, 4) is 0 Å². The van der Waals surface area contributed by atoms with Crippen LogP contribution in [0, 0.1) is 101 Å². The van der Waals surface area contributed by atoms with Crippen LogP contribution in [0.5, 0.6) is 0 Å². The van der Waals surface area contributed by atoms with E-state index >= 15 is 0 Å². The highest BCUT2D eigenvalue weighted by Gasteiger charge is 2.35. The van der Waals surface area contributed by atoms with E-state index in [1.165, 1.54) is 60.3 Å². The molecule has 0 aromatic rings. The van der Waals surface area contributed by atoms with E-state index in [4.69, 9.17) is 37.9 Å². The molecule has 0 N–H and O–H groups in total. The van der Waals surface area contributed by atoms with Crippen molar-refractivity contribution in [2.24, 2.45) is 101 Å². The predicted molar refractivity (Wildman–Crippen MR) is 481 cm³/mol. The monoisotopic (exact) mass is 1660 g/mol. The molecule has 0 amide bonds. The van der Waals surface area contributed by atoms with Gasteiger partial charge in [0.2, 0.25) is 0 Å². The summed E-state index contributed by atoms with van der Waals surface area (Å²) in [7, 11) is 14.4. The molecule has 10 unspecified atom stereocenters. The molecule has 0 spiro atoms. The van der Waals surface area contributed by atoms with Gasteiger partial charge in [-0.25, -0.2) is 0 Å². The number of esters is 1. The second kappa shape index (κ2) is 63.0. The molecule has 0 aromatic heterocycles. The average Bonchev–Trinajstić information content (AvgIpc) is 0.813. The number of allylic oxidation sites excluding steroid dienone is 12. The zero-order valence-electron chi connectivity index (χ0n) is 81.2. The molecule has 118 heavy (non-hydrogen) atoms. The SMILES string of the molecule is CC(C)CC=O.CC1=CC(=O)CC(CC(C)C)C1C.CC1=CC(=O)CC(CC(C)C)C1C.COC(=O)CC(C)=O.COC(CCC1=C(C)C(C)C(CC(C)C)CC1=O)OC.COC(CCC1=C(C)C(C)C(CC(C)C)CC1=O)OC.COC(CCC1=C(C)CC(CC(C)C)CC1=O)OC.COC(CCC1=C(C)CC(CC(C)C)CC1=O)OC. The van der Waals surface area contributed by atoms with Gasteiger partial charge in [0.25, 0.3) is 0 Å². The lowest BCUT2D eigenvalue weighted by Gasteiger charge is -2.32. The third-order valence-corrected chi connectivity index (χ3v) is 24.2. The molecule has 10 atom stereocenters. The first-order valence-electron chi connectivity index (χ1n) is 44.7. The molecular weight excluding hydrogens is 1490 g/mol. The van der Waals surface area contributed by atoms with Crippen molar-refractivity contribution < 1.29 is 85.8 Å². The van der Waals surface area contributed by atoms with Crippen molar-refractivity contribution in [1.82, 2.24) is 0 Å². The molecule has 6 aliphatic rings. The minimum absolute atomic E-state index is 0.115. The lowest BCUT2D eigenvalue weighted by molar-refractivity contribution is -0.143. The number of ketones is 7. The van der Waals surface area contributed by atoms with Gasteiger partial charge in [-0.1, -0.05) is 158 Å². The maximum absolute atomic E-state index is 12.4. The molecular formula is C100H174O18. The summed E-state index contributed by atoms with van der Waals surface area (Å²) in [6, 6.07) is 0. The summed E-state index contributed by atoms with van der Waals surface area (Å²) in [4.78, 5) is 102. The Morgan fingerprint density at radius 3 is 0.814 bits per heavy atom. The van der Waals surface area contributed by atoms with Gasteiger partial charge in [-0.15, -0.1) is 0 Å². The lowest BCUT2D eigenvalue weighted by Crippen LogP contribution is -2.27. The molecule has 6 aliphatic carbocycles. The number of ether oxygens (including phenoxy) is 9. The molecule has 682 valence electrons. The number of hydrogen-bond acceptors (Lipinski definition) is 18. The first-order chi connectivity index (χ1) is 55.2. The fourth-order valence-corrected chi connectivity index (χ4v) is 17.2. The van der Waals surface area contributed by atoms with Crippen molar-refractivity contribution in [2.45, 2.75) is 352 Å². The average molecular weight is 1660 g/mol. The Bertz CT molecular complexity index is 2960. The third-order valence-electron chi connectivity index (χ3n) is 24.2. The maximum atomic E-state index is 12.4. The van der Waals surface area contributed by atoms with Crippen LogP contribution in [0.3, 0.4) is 0 Å². The normalized spacial score (nSPS) is 22.3. The summed E-state index contributed by atoms with van der Waals surface area (Å²) in [5.41, 5.74) is 11.7. The Labute approximate surface area is 719 Å². The molecule has 18 nitrogen and oxygen atoms in total. The van der Waals surface area contributed by atoms with Crippen molar-refractivity contribution in [1.29, 1.82) is 0 Å². The zero-order chi connectivity index (χ0) is 91.0. The van der Waals surface area contributed by atoms with Crippen molar-refractivity contribution in [3.05, 3.63) is 67.9 Å². The smallest absolute Gasteiger partial charge is 0.313 e. The molecule has 0 aromatic carbocycles. The summed E-state index contributed by atoms with van der Waals surface area (Å²) in [6.45, 7) is 53.7. The first kappa shape index (κ1) is 115. The van der Waals surface area contributed by atoms with E-state index in [-0.39, 0.29) is 37.4 Å². The second-order valence-corrected chi connectivity index (χ2v) is 37.6. The second-order valence-electron chi connectivity index (χ2n) is 37.6. The van der Waals surface area contributed by atoms with Crippen molar-refractivity contribution in [2.75, 3.05) is 64.0 Å². The first-order valence-corrected chi connectivity index (χ1v) is 44.7. The van der Waals surface area contributed by atoms with Crippen LogP contribution in [-0.4, -0.2) is 142 Å². The molecule has 0 aliphatic heterocycles. The standard InChI is InChI=1S/2C17H30O3.2C16H28O3.2C12H20O.C5H8O3.C5H10O/c2*1-11(2)9-14-10-16(18)15(13(4)12(14)3)7-8-17(19-5)20-6;2*1-11(2)8-13-9-12(3)14(15(17)10-13)6-7-16(18-4)19-5;2*1-8(2)5-11-7-12(13)6-9(3)10(11)4;1-4(6)3-5(7)8-2;1-5(2)3-4-6/h2*11-12,14,17H,7-10H2,1-6H3;2*11,13,16H,6-10H2,1-5H3;2*6,8,10-11H,5,7H2,1-4H3;3H2,1-2H3;4-5H,3H2,1-2H3. The molecule has 0 saturated carbocycles. The minimum Gasteiger partial charge on any atom is -0.469 e. The minimum atomic E-state index is -0.475. The van der Waals surface area contributed by atoms with E-state index in [0.717, 1.165) is 144 Å². The van der Waals surface area contributed by atoms with E-state index in [1.807, 2.05) is 26.0 Å². The van der Waals surface area contributed by atoms with Crippen LogP contribution in [0.2, 0.25) is 0 Å². The largest absolute Gasteiger partial charge is 0.469 e. The number of carbonyl (C=O) groups is 9. The van der Waals surface area contributed by atoms with Gasteiger partial charge in [-0.3, -0.25) is 38.4 Å². The number of Topliss-reactive ketones (excluding diaryl/α,β-unsaturated/α-hetero) is 5. The van der Waals surface area contributed by atoms with Gasteiger partial charge in [-0.05, 0) is 261 Å². The molecule has 0 saturated heterocycles. The van der Waals surface area contributed by atoms with Crippen LogP contribution in [0.1, 0.15) is 327 Å². The van der Waals surface area contributed by atoms with Gasteiger partial charge in [-0.2, -0.15) is 0 Å². The summed E-state index contributed by atoms with van der Waals surface area (Å²) >= 11 is 0. The number of rotatable bonds is 36. The number of methoxy groups -OCH3 is 9. The molecule has 0 heterocycles. The Balaban J connectivity index is 0. The molecule has 0 fully saturated rings. The fraction of sp³-hybridized carbons (Fsp3) is 0.790.